The average Bonchev–Trinajstić information content (AvgIpc) is 2.58. The molecule has 0 radical (unpaired) electrons. The van der Waals surface area contributed by atoms with Crippen LogP contribution in [-0.4, -0.2) is 19.6 Å². The molecule has 0 saturated heterocycles. The molecule has 0 amide bonds. The quantitative estimate of drug-likeness (QED) is 0.733. The first-order chi connectivity index (χ1) is 5.75. The van der Waals surface area contributed by atoms with Gasteiger partial charge in [0.15, 0.2) is 0 Å². The topological polar surface area (TPSA) is 35.6 Å². The van der Waals surface area contributed by atoms with Gasteiger partial charge in [-0.1, -0.05) is 0 Å². The molecule has 2 rings (SSSR count). The molecule has 12 heavy (non-hydrogen) atoms. The van der Waals surface area contributed by atoms with Gasteiger partial charge in [0.05, 0.1) is 12.4 Å². The van der Waals surface area contributed by atoms with Crippen LogP contribution in [0.15, 0.2) is 24.7 Å². The zero-order valence-corrected chi connectivity index (χ0v) is 8.63. The van der Waals surface area contributed by atoms with Crippen molar-refractivity contribution >= 4 is 22.6 Å². The van der Waals surface area contributed by atoms with Crippen molar-refractivity contribution in [1.29, 1.82) is 0 Å². The lowest BCUT2D eigenvalue weighted by Crippen LogP contribution is -1.92. The normalized spacial score (nSPS) is 10.5. The van der Waals surface area contributed by atoms with Crippen LogP contribution in [0.1, 0.15) is 0 Å². The number of aryl methyl sites for hydroxylation is 1. The number of hydrogen-bond acceptors (Lipinski definition) is 2. The fourth-order valence-electron chi connectivity index (χ4n) is 0.972. The molecule has 0 unspecified atom stereocenters. The Morgan fingerprint density at radius 3 is 2.83 bits per heavy atom. The van der Waals surface area contributed by atoms with Gasteiger partial charge in [-0.15, -0.1) is 0 Å². The van der Waals surface area contributed by atoms with Gasteiger partial charge in [-0.05, 0) is 28.7 Å². The highest BCUT2D eigenvalue weighted by molar-refractivity contribution is 14.1. The van der Waals surface area contributed by atoms with Crippen molar-refractivity contribution in [1.82, 2.24) is 19.6 Å². The molecule has 0 aromatic carbocycles. The van der Waals surface area contributed by atoms with Gasteiger partial charge in [-0.25, -0.2) is 4.68 Å². The smallest absolute Gasteiger partial charge is 0.123 e. The van der Waals surface area contributed by atoms with Crippen LogP contribution in [0.2, 0.25) is 0 Å². The first kappa shape index (κ1) is 7.78. The maximum atomic E-state index is 4.24. The molecule has 5 heteroatoms. The van der Waals surface area contributed by atoms with Gasteiger partial charge in [0.1, 0.15) is 9.39 Å². The lowest BCUT2D eigenvalue weighted by Gasteiger charge is -1.92. The molecule has 0 aliphatic heterocycles. The summed E-state index contributed by atoms with van der Waals surface area (Å²) >= 11 is 2.18. The Bertz CT molecular complexity index is 351. The third kappa shape index (κ3) is 1.36. The monoisotopic (exact) mass is 274 g/mol. The molecule has 0 bridgehead atoms. The Hall–Kier alpha value is -0.850. The summed E-state index contributed by atoms with van der Waals surface area (Å²) in [5.41, 5.74) is 0.986. The molecule has 0 atom stereocenters. The van der Waals surface area contributed by atoms with E-state index < -0.39 is 0 Å². The highest BCUT2D eigenvalue weighted by Gasteiger charge is 1.99. The Balaban J connectivity index is 2.43. The minimum atomic E-state index is 0.983. The van der Waals surface area contributed by atoms with Crippen molar-refractivity contribution in [3.63, 3.8) is 0 Å². The molecule has 0 saturated carbocycles. The van der Waals surface area contributed by atoms with Crippen LogP contribution in [0.5, 0.6) is 0 Å². The number of nitrogens with zero attached hydrogens (tertiary/aromatic N) is 4. The van der Waals surface area contributed by atoms with Crippen molar-refractivity contribution in [2.45, 2.75) is 0 Å². The molecule has 0 spiro atoms. The van der Waals surface area contributed by atoms with Crippen LogP contribution in [0, 0.1) is 3.70 Å². The summed E-state index contributed by atoms with van der Waals surface area (Å²) in [6, 6.07) is 1.95. The second-order valence-corrected chi connectivity index (χ2v) is 3.56. The standard InChI is InChI=1S/C7H7IN4/c1-11-5-6(4-9-11)12-3-2-7(8)10-12/h2-5H,1H3. The largest absolute Gasteiger partial charge is 0.274 e. The predicted molar refractivity (Wildman–Crippen MR) is 53.0 cm³/mol. The molecule has 0 fully saturated rings. The molecular weight excluding hydrogens is 267 g/mol. The van der Waals surface area contributed by atoms with Gasteiger partial charge in [0.2, 0.25) is 0 Å². The van der Waals surface area contributed by atoms with Crippen LogP contribution >= 0.6 is 22.6 Å². The summed E-state index contributed by atoms with van der Waals surface area (Å²) < 4.78 is 4.54. The first-order valence-corrected chi connectivity index (χ1v) is 4.54. The zero-order chi connectivity index (χ0) is 8.55. The van der Waals surface area contributed by atoms with Crippen molar-refractivity contribution in [3.8, 4) is 5.69 Å². The molecule has 4 nitrogen and oxygen atoms in total. The van der Waals surface area contributed by atoms with E-state index in [9.17, 15) is 0 Å². The third-order valence-corrected chi connectivity index (χ3v) is 2.09. The van der Waals surface area contributed by atoms with Gasteiger partial charge < -0.3 is 0 Å². The Morgan fingerprint density at radius 1 is 1.50 bits per heavy atom. The maximum absolute atomic E-state index is 4.24. The molecule has 2 aromatic heterocycles. The van der Waals surface area contributed by atoms with Gasteiger partial charge in [0, 0.05) is 13.2 Å². The van der Waals surface area contributed by atoms with Gasteiger partial charge in [-0.2, -0.15) is 10.2 Å². The second kappa shape index (κ2) is 2.89. The van der Waals surface area contributed by atoms with Gasteiger partial charge in [0.25, 0.3) is 0 Å². The molecule has 2 aromatic rings. The van der Waals surface area contributed by atoms with E-state index in [0.717, 1.165) is 9.39 Å². The SMILES string of the molecule is Cn1cc(-n2ccc(I)n2)cn1. The van der Waals surface area contributed by atoms with Crippen molar-refractivity contribution in [2.75, 3.05) is 0 Å². The Morgan fingerprint density at radius 2 is 2.33 bits per heavy atom. The lowest BCUT2D eigenvalue weighted by molar-refractivity contribution is 0.766. The van der Waals surface area contributed by atoms with Gasteiger partial charge in [-0.3, -0.25) is 4.68 Å². The van der Waals surface area contributed by atoms with Crippen molar-refractivity contribution < 1.29 is 0 Å². The van der Waals surface area contributed by atoms with Crippen LogP contribution < -0.4 is 0 Å². The predicted octanol–water partition coefficient (Wildman–Crippen LogP) is 1.21. The van der Waals surface area contributed by atoms with E-state index in [2.05, 4.69) is 32.8 Å². The van der Waals surface area contributed by atoms with E-state index in [0.29, 0.717) is 0 Å². The highest BCUT2D eigenvalue weighted by Crippen LogP contribution is 2.06. The van der Waals surface area contributed by atoms with E-state index in [1.165, 1.54) is 0 Å². The summed E-state index contributed by atoms with van der Waals surface area (Å²) in [6.07, 6.45) is 5.62. The molecule has 0 N–H and O–H groups in total. The van der Waals surface area contributed by atoms with E-state index >= 15 is 0 Å². The molecule has 62 valence electrons. The fourth-order valence-corrected chi connectivity index (χ4v) is 1.37. The van der Waals surface area contributed by atoms with E-state index in [-0.39, 0.29) is 0 Å². The maximum Gasteiger partial charge on any atom is 0.123 e. The number of aromatic nitrogens is 4. The fraction of sp³-hybridized carbons (Fsp3) is 0.143. The summed E-state index contributed by atoms with van der Waals surface area (Å²) in [5, 5.41) is 8.30. The van der Waals surface area contributed by atoms with Crippen LogP contribution in [0.3, 0.4) is 0 Å². The van der Waals surface area contributed by atoms with Crippen molar-refractivity contribution in [2.24, 2.45) is 7.05 Å². The lowest BCUT2D eigenvalue weighted by atomic mass is 10.6. The van der Waals surface area contributed by atoms with E-state index in [4.69, 9.17) is 0 Å². The van der Waals surface area contributed by atoms with Crippen molar-refractivity contribution in [3.05, 3.63) is 28.4 Å². The third-order valence-electron chi connectivity index (χ3n) is 1.51. The second-order valence-electron chi connectivity index (χ2n) is 2.46. The molecule has 0 aliphatic rings. The van der Waals surface area contributed by atoms with Crippen LogP contribution in [0.4, 0.5) is 0 Å². The first-order valence-electron chi connectivity index (χ1n) is 3.46. The number of halogens is 1. The van der Waals surface area contributed by atoms with Crippen LogP contribution in [-0.2, 0) is 7.05 Å². The number of hydrogen-bond donors (Lipinski definition) is 0. The molecule has 0 aliphatic carbocycles. The average molecular weight is 274 g/mol. The zero-order valence-electron chi connectivity index (χ0n) is 6.48. The minimum absolute atomic E-state index is 0.983. The summed E-state index contributed by atoms with van der Waals surface area (Å²) in [7, 11) is 1.89. The summed E-state index contributed by atoms with van der Waals surface area (Å²) in [4.78, 5) is 0. The van der Waals surface area contributed by atoms with E-state index in [1.54, 1.807) is 15.6 Å². The Kier molecular flexibility index (Phi) is 1.87. The summed E-state index contributed by atoms with van der Waals surface area (Å²) in [5.74, 6) is 0. The molecular formula is C7H7IN4. The number of rotatable bonds is 1. The van der Waals surface area contributed by atoms with E-state index in [1.807, 2.05) is 25.5 Å². The minimum Gasteiger partial charge on any atom is -0.274 e. The summed E-state index contributed by atoms with van der Waals surface area (Å²) in [6.45, 7) is 0. The Labute approximate surface area is 83.3 Å². The van der Waals surface area contributed by atoms with Gasteiger partial charge >= 0.3 is 0 Å². The molecule has 2 heterocycles. The highest BCUT2D eigenvalue weighted by atomic mass is 127. The van der Waals surface area contributed by atoms with Crippen LogP contribution in [0.25, 0.3) is 5.69 Å².